The summed E-state index contributed by atoms with van der Waals surface area (Å²) in [7, 11) is 1.45. The van der Waals surface area contributed by atoms with Crippen LogP contribution in [0, 0.1) is 0 Å². The van der Waals surface area contributed by atoms with Crippen molar-refractivity contribution in [2.75, 3.05) is 12.4 Å². The Bertz CT molecular complexity index is 1360. The molecule has 1 aliphatic rings. The van der Waals surface area contributed by atoms with E-state index in [9.17, 15) is 14.4 Å². The van der Waals surface area contributed by atoms with Crippen LogP contribution in [0.25, 0.3) is 6.08 Å². The topological polar surface area (TPSA) is 103 Å². The zero-order chi connectivity index (χ0) is 24.9. The van der Waals surface area contributed by atoms with Crippen LogP contribution < -0.4 is 14.8 Å². The number of nitrogens with zero attached hydrogens (tertiary/aromatic N) is 1. The molecule has 0 fully saturated rings. The molecule has 0 saturated carbocycles. The lowest BCUT2D eigenvalue weighted by Crippen LogP contribution is -2.09. The van der Waals surface area contributed by atoms with Crippen LogP contribution in [0.3, 0.4) is 0 Å². The van der Waals surface area contributed by atoms with E-state index in [1.54, 1.807) is 66.7 Å². The van der Waals surface area contributed by atoms with Crippen molar-refractivity contribution in [1.82, 2.24) is 0 Å². The third-order valence-electron chi connectivity index (χ3n) is 4.83. The molecule has 9 heteroatoms. The Kier molecular flexibility index (Phi) is 7.07. The highest BCUT2D eigenvalue weighted by atomic mass is 79.9. The van der Waals surface area contributed by atoms with Gasteiger partial charge in [0.1, 0.15) is 0 Å². The number of methoxy groups -OCH3 is 1. The van der Waals surface area contributed by atoms with Gasteiger partial charge < -0.3 is 19.5 Å². The number of cyclic esters (lactones) is 1. The van der Waals surface area contributed by atoms with Gasteiger partial charge in [-0.3, -0.25) is 4.79 Å². The summed E-state index contributed by atoms with van der Waals surface area (Å²) in [5, 5.41) is 2.67. The van der Waals surface area contributed by atoms with Gasteiger partial charge in [-0.25, -0.2) is 14.6 Å². The molecule has 1 aliphatic heterocycles. The maximum atomic E-state index is 12.5. The number of benzene rings is 3. The summed E-state index contributed by atoms with van der Waals surface area (Å²) >= 11 is 3.41. The largest absolute Gasteiger partial charge is 0.493 e. The Morgan fingerprint density at radius 3 is 2.43 bits per heavy atom. The van der Waals surface area contributed by atoms with Gasteiger partial charge in [0.15, 0.2) is 17.2 Å². The van der Waals surface area contributed by atoms with Crippen molar-refractivity contribution in [2.24, 2.45) is 4.99 Å². The van der Waals surface area contributed by atoms with Crippen molar-refractivity contribution in [3.8, 4) is 11.5 Å². The highest BCUT2D eigenvalue weighted by Crippen LogP contribution is 2.38. The van der Waals surface area contributed by atoms with E-state index in [0.29, 0.717) is 32.6 Å². The SMILES string of the molecule is COc1cc(/C=C2\N=C(c3ccc(NC(C)=O)cc3)OC2=O)cc(Br)c1OC(=O)c1ccccc1. The maximum absolute atomic E-state index is 12.5. The molecule has 0 bridgehead atoms. The first-order valence-electron chi connectivity index (χ1n) is 10.4. The standard InChI is InChI=1S/C26H19BrN2O6/c1-15(30)28-19-10-8-17(9-11-19)24-29-21(26(32)35-24)13-16-12-20(27)23(22(14-16)33-2)34-25(31)18-6-4-3-5-7-18/h3-14H,1-2H3,(H,28,30)/b21-13-. The molecule has 1 heterocycles. The summed E-state index contributed by atoms with van der Waals surface area (Å²) in [4.78, 5) is 40.4. The van der Waals surface area contributed by atoms with E-state index in [1.165, 1.54) is 20.1 Å². The number of nitrogens with one attached hydrogen (secondary N) is 1. The van der Waals surface area contributed by atoms with Gasteiger partial charge in [0, 0.05) is 18.2 Å². The van der Waals surface area contributed by atoms with Crippen molar-refractivity contribution in [3.05, 3.63) is 93.6 Å². The number of carbonyl (C=O) groups excluding carboxylic acids is 3. The molecule has 0 aromatic heterocycles. The fourth-order valence-corrected chi connectivity index (χ4v) is 3.78. The average molecular weight is 535 g/mol. The minimum absolute atomic E-state index is 0.0916. The average Bonchev–Trinajstić information content (AvgIpc) is 3.21. The fraction of sp³-hybridized carbons (Fsp3) is 0.0769. The normalized spacial score (nSPS) is 13.7. The Morgan fingerprint density at radius 1 is 1.06 bits per heavy atom. The second-order valence-electron chi connectivity index (χ2n) is 7.38. The van der Waals surface area contributed by atoms with Gasteiger partial charge in [0.2, 0.25) is 11.8 Å². The summed E-state index contributed by atoms with van der Waals surface area (Å²) in [5.74, 6) is -0.680. The Balaban J connectivity index is 1.58. The minimum atomic E-state index is -0.611. The summed E-state index contributed by atoms with van der Waals surface area (Å²) in [6, 6.07) is 18.6. The molecule has 1 amide bonds. The lowest BCUT2D eigenvalue weighted by Gasteiger charge is -2.12. The van der Waals surface area contributed by atoms with Crippen LogP contribution in [0.15, 0.2) is 81.9 Å². The van der Waals surface area contributed by atoms with Crippen LogP contribution in [0.2, 0.25) is 0 Å². The molecule has 0 unspecified atom stereocenters. The van der Waals surface area contributed by atoms with Crippen molar-refractivity contribution < 1.29 is 28.6 Å². The molecular formula is C26H19BrN2O6. The predicted octanol–water partition coefficient (Wildman–Crippen LogP) is 4.98. The van der Waals surface area contributed by atoms with Crippen molar-refractivity contribution >= 4 is 51.4 Å². The van der Waals surface area contributed by atoms with Crippen LogP contribution >= 0.6 is 15.9 Å². The molecule has 4 rings (SSSR count). The third-order valence-corrected chi connectivity index (χ3v) is 5.42. The number of anilines is 1. The molecule has 0 spiro atoms. The quantitative estimate of drug-likeness (QED) is 0.271. The fourth-order valence-electron chi connectivity index (χ4n) is 3.24. The number of amides is 1. The van der Waals surface area contributed by atoms with E-state index in [1.807, 2.05) is 0 Å². The van der Waals surface area contributed by atoms with Gasteiger partial charge in [0.25, 0.3) is 0 Å². The van der Waals surface area contributed by atoms with E-state index in [2.05, 4.69) is 26.2 Å². The number of carbonyl (C=O) groups is 3. The van der Waals surface area contributed by atoms with E-state index in [4.69, 9.17) is 14.2 Å². The molecule has 176 valence electrons. The molecular weight excluding hydrogens is 516 g/mol. The van der Waals surface area contributed by atoms with E-state index in [0.717, 1.165) is 0 Å². The number of halogens is 1. The number of aliphatic imine (C=N–C) groups is 1. The van der Waals surface area contributed by atoms with E-state index >= 15 is 0 Å². The van der Waals surface area contributed by atoms with Crippen LogP contribution in [-0.4, -0.2) is 30.9 Å². The molecule has 0 radical (unpaired) electrons. The van der Waals surface area contributed by atoms with Crippen molar-refractivity contribution in [1.29, 1.82) is 0 Å². The highest BCUT2D eigenvalue weighted by molar-refractivity contribution is 9.10. The lowest BCUT2D eigenvalue weighted by atomic mass is 10.1. The summed E-state index contributed by atoms with van der Waals surface area (Å²) in [6.07, 6.45) is 1.54. The Hall–Kier alpha value is -4.24. The summed E-state index contributed by atoms with van der Waals surface area (Å²) in [6.45, 7) is 1.42. The molecule has 3 aromatic rings. The first kappa shape index (κ1) is 23.9. The molecule has 3 aromatic carbocycles. The Morgan fingerprint density at radius 2 is 1.77 bits per heavy atom. The smallest absolute Gasteiger partial charge is 0.363 e. The third kappa shape index (κ3) is 5.64. The maximum Gasteiger partial charge on any atom is 0.363 e. The Labute approximate surface area is 209 Å². The first-order chi connectivity index (χ1) is 16.8. The van der Waals surface area contributed by atoms with Crippen LogP contribution in [0.4, 0.5) is 5.69 Å². The molecule has 8 nitrogen and oxygen atoms in total. The number of rotatable bonds is 6. The molecule has 0 saturated heterocycles. The van der Waals surface area contributed by atoms with Crippen LogP contribution in [-0.2, 0) is 14.3 Å². The zero-order valence-electron chi connectivity index (χ0n) is 18.7. The molecule has 0 atom stereocenters. The number of hydrogen-bond donors (Lipinski definition) is 1. The van der Waals surface area contributed by atoms with Crippen LogP contribution in [0.5, 0.6) is 11.5 Å². The van der Waals surface area contributed by atoms with Gasteiger partial charge in [-0.2, -0.15) is 0 Å². The molecule has 0 aliphatic carbocycles. The number of ether oxygens (including phenoxy) is 3. The van der Waals surface area contributed by atoms with Crippen molar-refractivity contribution in [2.45, 2.75) is 6.92 Å². The minimum Gasteiger partial charge on any atom is -0.493 e. The van der Waals surface area contributed by atoms with E-state index in [-0.39, 0.29) is 23.3 Å². The molecule has 35 heavy (non-hydrogen) atoms. The second kappa shape index (κ2) is 10.4. The van der Waals surface area contributed by atoms with Gasteiger partial charge in [-0.15, -0.1) is 0 Å². The van der Waals surface area contributed by atoms with Gasteiger partial charge in [0.05, 0.1) is 17.1 Å². The summed E-state index contributed by atoms with van der Waals surface area (Å²) in [5.41, 5.74) is 2.26. The number of hydrogen-bond acceptors (Lipinski definition) is 7. The predicted molar refractivity (Wildman–Crippen MR) is 133 cm³/mol. The van der Waals surface area contributed by atoms with Gasteiger partial charge >= 0.3 is 11.9 Å². The monoisotopic (exact) mass is 534 g/mol. The lowest BCUT2D eigenvalue weighted by molar-refractivity contribution is -0.129. The first-order valence-corrected chi connectivity index (χ1v) is 11.2. The zero-order valence-corrected chi connectivity index (χ0v) is 20.3. The second-order valence-corrected chi connectivity index (χ2v) is 8.24. The van der Waals surface area contributed by atoms with Gasteiger partial charge in [-0.1, -0.05) is 18.2 Å². The molecule has 1 N–H and O–H groups in total. The number of esters is 2. The van der Waals surface area contributed by atoms with Gasteiger partial charge in [-0.05, 0) is 76.1 Å². The van der Waals surface area contributed by atoms with E-state index < -0.39 is 11.9 Å². The van der Waals surface area contributed by atoms with Crippen LogP contribution in [0.1, 0.15) is 28.4 Å². The van der Waals surface area contributed by atoms with Crippen molar-refractivity contribution in [3.63, 3.8) is 0 Å². The summed E-state index contributed by atoms with van der Waals surface area (Å²) < 4.78 is 16.7. The highest BCUT2D eigenvalue weighted by Gasteiger charge is 2.25.